The Kier molecular flexibility index (Phi) is 5.40. The number of benzene rings is 1. The van der Waals surface area contributed by atoms with Gasteiger partial charge in [-0.05, 0) is 22.6 Å². The lowest BCUT2D eigenvalue weighted by Gasteiger charge is -2.18. The third-order valence-electron chi connectivity index (χ3n) is 1.64. The molecule has 0 aliphatic carbocycles. The van der Waals surface area contributed by atoms with Gasteiger partial charge in [-0.2, -0.15) is 0 Å². The molecule has 0 aliphatic rings. The maximum atomic E-state index is 8.57. The summed E-state index contributed by atoms with van der Waals surface area (Å²) in [4.78, 5) is 8.57. The summed E-state index contributed by atoms with van der Waals surface area (Å²) in [6.07, 6.45) is 0. The number of carbonyl (C=O) groups excluding carboxylic acids is 1. The number of carbonyl (C=O) groups is 1. The Morgan fingerprint density at radius 1 is 1.15 bits per heavy atom. The predicted octanol–water partition coefficient (Wildman–Crippen LogP) is 3.40. The van der Waals surface area contributed by atoms with E-state index in [-0.39, 0.29) is 5.75 Å². The van der Waals surface area contributed by atoms with Gasteiger partial charge >= 0.3 is 0 Å². The van der Waals surface area contributed by atoms with E-state index in [1.165, 1.54) is 5.56 Å². The van der Waals surface area contributed by atoms with Gasteiger partial charge < -0.3 is 0 Å². The average molecular weight is 199 g/mol. The molecule has 0 N–H and O–H groups in total. The van der Waals surface area contributed by atoms with Gasteiger partial charge in [-0.25, -0.2) is 0 Å². The van der Waals surface area contributed by atoms with Crippen molar-refractivity contribution < 1.29 is 4.79 Å². The van der Waals surface area contributed by atoms with Crippen molar-refractivity contribution >= 4 is 17.3 Å². The van der Waals surface area contributed by atoms with Crippen molar-refractivity contribution in [3.63, 3.8) is 0 Å². The van der Waals surface area contributed by atoms with Crippen LogP contribution in [0, 0.1) is 0 Å². The highest BCUT2D eigenvalue weighted by Crippen LogP contribution is 2.20. The molecule has 0 bridgehead atoms. The predicted molar refractivity (Wildman–Crippen MR) is 57.7 cm³/mol. The first kappa shape index (κ1) is 12.2. The van der Waals surface area contributed by atoms with E-state index in [1.807, 2.05) is 0 Å². The van der Waals surface area contributed by atoms with Crippen LogP contribution in [0.4, 0.5) is 0 Å². The van der Waals surface area contributed by atoms with E-state index in [9.17, 15) is 0 Å². The van der Waals surface area contributed by atoms with Crippen LogP contribution in [0.3, 0.4) is 0 Å². The SMILES string of the molecule is CC(C)(C)c1ccccc1.O=CCl. The molecule has 0 aliphatic heterocycles. The molecule has 72 valence electrons. The van der Waals surface area contributed by atoms with Crippen molar-refractivity contribution in [3.05, 3.63) is 35.9 Å². The molecule has 0 fully saturated rings. The van der Waals surface area contributed by atoms with Crippen LogP contribution in [0.2, 0.25) is 0 Å². The quantitative estimate of drug-likeness (QED) is 0.461. The van der Waals surface area contributed by atoms with Gasteiger partial charge in [0.2, 0.25) is 5.75 Å². The Bertz CT molecular complexity index is 236. The van der Waals surface area contributed by atoms with Crippen molar-refractivity contribution in [2.45, 2.75) is 26.2 Å². The van der Waals surface area contributed by atoms with Crippen molar-refractivity contribution in [3.8, 4) is 0 Å². The minimum Gasteiger partial charge on any atom is -0.285 e. The fourth-order valence-electron chi connectivity index (χ4n) is 0.938. The summed E-state index contributed by atoms with van der Waals surface area (Å²) in [5.41, 5.74) is 1.69. The Morgan fingerprint density at radius 3 is 1.77 bits per heavy atom. The van der Waals surface area contributed by atoms with Gasteiger partial charge in [0.05, 0.1) is 0 Å². The van der Waals surface area contributed by atoms with E-state index in [1.54, 1.807) is 0 Å². The second kappa shape index (κ2) is 5.76. The summed E-state index contributed by atoms with van der Waals surface area (Å²) >= 11 is 4.32. The number of hydrogen-bond donors (Lipinski definition) is 0. The first-order valence-corrected chi connectivity index (χ1v) is 4.55. The van der Waals surface area contributed by atoms with E-state index in [0.29, 0.717) is 5.41 Å². The molecule has 0 saturated heterocycles. The van der Waals surface area contributed by atoms with Crippen LogP contribution >= 0.6 is 11.6 Å². The maximum absolute atomic E-state index is 8.57. The molecular weight excluding hydrogens is 184 g/mol. The Labute approximate surface area is 84.7 Å². The summed E-state index contributed by atoms with van der Waals surface area (Å²) in [6.45, 7) is 6.67. The van der Waals surface area contributed by atoms with E-state index >= 15 is 0 Å². The Morgan fingerprint density at radius 2 is 1.54 bits per heavy atom. The molecule has 0 radical (unpaired) electrons. The first-order chi connectivity index (χ1) is 6.02. The van der Waals surface area contributed by atoms with Gasteiger partial charge in [0.25, 0.3) is 0 Å². The normalized spacial score (nSPS) is 9.85. The molecule has 0 heterocycles. The molecule has 0 saturated carbocycles. The summed E-state index contributed by atoms with van der Waals surface area (Å²) < 4.78 is 0. The van der Waals surface area contributed by atoms with Crippen molar-refractivity contribution in [2.24, 2.45) is 0 Å². The number of rotatable bonds is 0. The summed E-state index contributed by atoms with van der Waals surface area (Å²) in [6, 6.07) is 10.6. The lowest BCUT2D eigenvalue weighted by atomic mass is 9.87. The topological polar surface area (TPSA) is 17.1 Å². The smallest absolute Gasteiger partial charge is 0.208 e. The Balaban J connectivity index is 0.000000424. The zero-order valence-corrected chi connectivity index (χ0v) is 9.01. The van der Waals surface area contributed by atoms with E-state index in [2.05, 4.69) is 62.7 Å². The first-order valence-electron chi connectivity index (χ1n) is 4.11. The molecule has 1 rings (SSSR count). The standard InChI is InChI=1S/C10H14.CHClO/c1-10(2,3)9-7-5-4-6-8-9;2-1-3/h4-8H,1-3H3;1H. The average Bonchev–Trinajstić information content (AvgIpc) is 2.06. The maximum Gasteiger partial charge on any atom is 0.208 e. The Hall–Kier alpha value is -0.820. The largest absolute Gasteiger partial charge is 0.285 e. The molecule has 0 spiro atoms. The molecule has 1 nitrogen and oxygen atoms in total. The molecule has 13 heavy (non-hydrogen) atoms. The molecule has 0 aromatic heterocycles. The van der Waals surface area contributed by atoms with Crippen molar-refractivity contribution in [1.29, 1.82) is 0 Å². The van der Waals surface area contributed by atoms with Crippen LogP contribution in [0.5, 0.6) is 0 Å². The highest BCUT2D eigenvalue weighted by atomic mass is 35.5. The molecule has 0 atom stereocenters. The van der Waals surface area contributed by atoms with Crippen LogP contribution in [-0.2, 0) is 10.2 Å². The van der Waals surface area contributed by atoms with Gasteiger partial charge in [-0.3, -0.25) is 4.79 Å². The van der Waals surface area contributed by atoms with Gasteiger partial charge in [-0.15, -0.1) is 0 Å². The van der Waals surface area contributed by atoms with E-state index in [4.69, 9.17) is 4.79 Å². The highest BCUT2D eigenvalue weighted by molar-refractivity contribution is 6.54. The zero-order chi connectivity index (χ0) is 10.3. The van der Waals surface area contributed by atoms with Crippen LogP contribution in [-0.4, -0.2) is 5.75 Å². The van der Waals surface area contributed by atoms with Crippen LogP contribution in [0.25, 0.3) is 0 Å². The second-order valence-corrected chi connectivity index (χ2v) is 3.88. The highest BCUT2D eigenvalue weighted by Gasteiger charge is 2.11. The van der Waals surface area contributed by atoms with Crippen molar-refractivity contribution in [1.82, 2.24) is 0 Å². The summed E-state index contributed by atoms with van der Waals surface area (Å²) in [5, 5.41) is 0. The van der Waals surface area contributed by atoms with Gasteiger partial charge in [0.15, 0.2) is 0 Å². The van der Waals surface area contributed by atoms with Crippen LogP contribution in [0.1, 0.15) is 26.3 Å². The van der Waals surface area contributed by atoms with Crippen LogP contribution < -0.4 is 0 Å². The molecule has 1 aromatic carbocycles. The van der Waals surface area contributed by atoms with Gasteiger partial charge in [0.1, 0.15) is 0 Å². The fourth-order valence-corrected chi connectivity index (χ4v) is 0.938. The molecule has 0 unspecified atom stereocenters. The van der Waals surface area contributed by atoms with E-state index < -0.39 is 0 Å². The lowest BCUT2D eigenvalue weighted by molar-refractivity contribution is 0.569. The minimum atomic E-state index is 0.222. The molecule has 0 amide bonds. The molecular formula is C11H15ClO. The van der Waals surface area contributed by atoms with Gasteiger partial charge in [0, 0.05) is 0 Å². The minimum absolute atomic E-state index is 0.222. The lowest BCUT2D eigenvalue weighted by Crippen LogP contribution is -2.10. The van der Waals surface area contributed by atoms with Crippen LogP contribution in [0.15, 0.2) is 30.3 Å². The number of halogens is 1. The summed E-state index contributed by atoms with van der Waals surface area (Å²) in [5.74, 6) is 0.222. The third-order valence-corrected chi connectivity index (χ3v) is 1.64. The van der Waals surface area contributed by atoms with Gasteiger partial charge in [-0.1, -0.05) is 51.1 Å². The summed E-state index contributed by atoms with van der Waals surface area (Å²) in [7, 11) is 0. The zero-order valence-electron chi connectivity index (χ0n) is 8.25. The van der Waals surface area contributed by atoms with Crippen molar-refractivity contribution in [2.75, 3.05) is 0 Å². The monoisotopic (exact) mass is 198 g/mol. The molecule has 1 aromatic rings. The second-order valence-electron chi connectivity index (χ2n) is 3.71. The molecule has 2 heteroatoms. The van der Waals surface area contributed by atoms with E-state index in [0.717, 1.165) is 0 Å². The fraction of sp³-hybridized carbons (Fsp3) is 0.364. The third kappa shape index (κ3) is 5.42. The number of hydrogen-bond acceptors (Lipinski definition) is 1.